The lowest BCUT2D eigenvalue weighted by atomic mass is 9.99. The summed E-state index contributed by atoms with van der Waals surface area (Å²) in [5.41, 5.74) is 5.23. The number of benzene rings is 3. The van der Waals surface area contributed by atoms with Gasteiger partial charge in [-0.05, 0) is 73.9 Å². The largest absolute Gasteiger partial charge is 0.456 e. The number of hydrogen-bond acceptors (Lipinski definition) is 6. The Morgan fingerprint density at radius 1 is 0.953 bits per heavy atom. The summed E-state index contributed by atoms with van der Waals surface area (Å²) in [4.78, 5) is 25.5. The first-order chi connectivity index (χ1) is 20.7. The summed E-state index contributed by atoms with van der Waals surface area (Å²) in [7, 11) is 0. The van der Waals surface area contributed by atoms with Crippen molar-refractivity contribution in [2.75, 3.05) is 31.1 Å². The van der Waals surface area contributed by atoms with Gasteiger partial charge in [0, 0.05) is 61.1 Å². The van der Waals surface area contributed by atoms with Gasteiger partial charge in [0.15, 0.2) is 0 Å². The molecule has 0 saturated carbocycles. The van der Waals surface area contributed by atoms with Crippen molar-refractivity contribution >= 4 is 34.3 Å². The minimum Gasteiger partial charge on any atom is -0.456 e. The molecule has 3 heterocycles. The van der Waals surface area contributed by atoms with Crippen molar-refractivity contribution in [2.45, 2.75) is 32.9 Å². The van der Waals surface area contributed by atoms with Crippen LogP contribution in [0, 0.1) is 0 Å². The smallest absolute Gasteiger partial charge is 0.342 e. The SMILES string of the molecule is CC(C)(C)OC(=O)c1ccc(N2CCN(Cc3ccccc3-c3ccc(Cl)cc3)CC2)cc1Oc1cnc2[nH]ccc2c1. The number of nitrogens with zero attached hydrogens (tertiary/aromatic N) is 3. The summed E-state index contributed by atoms with van der Waals surface area (Å²) < 4.78 is 12.0. The van der Waals surface area contributed by atoms with Gasteiger partial charge in [-0.1, -0.05) is 48.0 Å². The molecule has 0 radical (unpaired) electrons. The molecule has 0 atom stereocenters. The van der Waals surface area contributed by atoms with Crippen LogP contribution >= 0.6 is 11.6 Å². The summed E-state index contributed by atoms with van der Waals surface area (Å²) in [5, 5.41) is 1.67. The van der Waals surface area contributed by atoms with Gasteiger partial charge in [-0.25, -0.2) is 9.78 Å². The Labute approximate surface area is 257 Å². The molecule has 5 aromatic rings. The second-order valence-electron chi connectivity index (χ2n) is 11.8. The molecule has 0 amide bonds. The predicted octanol–water partition coefficient (Wildman–Crippen LogP) is 7.95. The van der Waals surface area contributed by atoms with Crippen LogP contribution in [0.25, 0.3) is 22.2 Å². The zero-order valence-corrected chi connectivity index (χ0v) is 25.4. The Hall–Kier alpha value is -4.33. The lowest BCUT2D eigenvalue weighted by Crippen LogP contribution is -2.46. The van der Waals surface area contributed by atoms with E-state index >= 15 is 0 Å². The van der Waals surface area contributed by atoms with Crippen LogP contribution < -0.4 is 9.64 Å². The van der Waals surface area contributed by atoms with Crippen LogP contribution in [-0.2, 0) is 11.3 Å². The number of piperazine rings is 1. The number of nitrogens with one attached hydrogen (secondary N) is 1. The number of pyridine rings is 1. The van der Waals surface area contributed by atoms with E-state index in [1.807, 2.05) is 63.4 Å². The van der Waals surface area contributed by atoms with Crippen LogP contribution in [0.2, 0.25) is 5.02 Å². The second kappa shape index (κ2) is 12.1. The number of hydrogen-bond donors (Lipinski definition) is 1. The quantitative estimate of drug-likeness (QED) is 0.193. The molecule has 1 aliphatic heterocycles. The summed E-state index contributed by atoms with van der Waals surface area (Å²) >= 11 is 6.13. The Morgan fingerprint density at radius 3 is 2.49 bits per heavy atom. The molecule has 6 rings (SSSR count). The van der Waals surface area contributed by atoms with Gasteiger partial charge in [-0.3, -0.25) is 4.90 Å². The Kier molecular flexibility index (Phi) is 8.10. The Morgan fingerprint density at radius 2 is 1.72 bits per heavy atom. The maximum Gasteiger partial charge on any atom is 0.342 e. The number of ether oxygens (including phenoxy) is 2. The van der Waals surface area contributed by atoms with Gasteiger partial charge in [0.1, 0.15) is 28.3 Å². The highest BCUT2D eigenvalue weighted by Crippen LogP contribution is 2.33. The normalized spacial score (nSPS) is 14.2. The number of fused-ring (bicyclic) bond motifs is 1. The number of halogens is 1. The van der Waals surface area contributed by atoms with Crippen LogP contribution in [0.15, 0.2) is 91.3 Å². The van der Waals surface area contributed by atoms with Crippen LogP contribution in [-0.4, -0.2) is 52.6 Å². The lowest BCUT2D eigenvalue weighted by molar-refractivity contribution is 0.00672. The van der Waals surface area contributed by atoms with Gasteiger partial charge in [-0.2, -0.15) is 0 Å². The first kappa shape index (κ1) is 28.8. The van der Waals surface area contributed by atoms with Gasteiger partial charge in [0.25, 0.3) is 0 Å². The molecule has 0 spiro atoms. The van der Waals surface area contributed by atoms with Crippen molar-refractivity contribution in [1.29, 1.82) is 0 Å². The zero-order valence-electron chi connectivity index (χ0n) is 24.6. The molecule has 3 aromatic carbocycles. The van der Waals surface area contributed by atoms with Crippen molar-refractivity contribution in [3.63, 3.8) is 0 Å². The van der Waals surface area contributed by atoms with E-state index in [2.05, 4.69) is 56.2 Å². The average Bonchev–Trinajstić information content (AvgIpc) is 3.46. The van der Waals surface area contributed by atoms with Gasteiger partial charge in [0.05, 0.1) is 6.20 Å². The van der Waals surface area contributed by atoms with E-state index in [4.69, 9.17) is 21.1 Å². The van der Waals surface area contributed by atoms with Crippen molar-refractivity contribution < 1.29 is 14.3 Å². The molecule has 0 aliphatic carbocycles. The molecule has 1 fully saturated rings. The van der Waals surface area contributed by atoms with Crippen molar-refractivity contribution in [1.82, 2.24) is 14.9 Å². The van der Waals surface area contributed by atoms with Crippen molar-refractivity contribution in [2.24, 2.45) is 0 Å². The summed E-state index contributed by atoms with van der Waals surface area (Å²) in [6.45, 7) is 9.97. The Bertz CT molecular complexity index is 1730. The van der Waals surface area contributed by atoms with Crippen molar-refractivity contribution in [3.8, 4) is 22.6 Å². The highest BCUT2D eigenvalue weighted by Gasteiger charge is 2.24. The number of anilines is 1. The van der Waals surface area contributed by atoms with E-state index < -0.39 is 11.6 Å². The summed E-state index contributed by atoms with van der Waals surface area (Å²) in [6.07, 6.45) is 3.50. The number of aromatic nitrogens is 2. The number of rotatable bonds is 7. The average molecular weight is 595 g/mol. The number of H-pyrrole nitrogens is 1. The molecular formula is C35H35ClN4O3. The Balaban J connectivity index is 1.19. The summed E-state index contributed by atoms with van der Waals surface area (Å²) in [5.74, 6) is 0.579. The molecular weight excluding hydrogens is 560 g/mol. The molecule has 1 saturated heterocycles. The molecule has 1 aliphatic rings. The fraction of sp³-hybridized carbons (Fsp3) is 0.257. The van der Waals surface area contributed by atoms with E-state index in [1.54, 1.807) is 12.3 Å². The van der Waals surface area contributed by atoms with Gasteiger partial charge in [-0.15, -0.1) is 0 Å². The molecule has 43 heavy (non-hydrogen) atoms. The van der Waals surface area contributed by atoms with Crippen LogP contribution in [0.4, 0.5) is 5.69 Å². The number of esters is 1. The molecule has 2 aromatic heterocycles. The van der Waals surface area contributed by atoms with Gasteiger partial charge >= 0.3 is 5.97 Å². The van der Waals surface area contributed by atoms with Gasteiger partial charge < -0.3 is 19.4 Å². The third-order valence-electron chi connectivity index (χ3n) is 7.49. The van der Waals surface area contributed by atoms with E-state index in [0.717, 1.165) is 54.5 Å². The predicted molar refractivity (Wildman–Crippen MR) is 172 cm³/mol. The molecule has 0 bridgehead atoms. The molecule has 220 valence electrons. The standard InChI is InChI=1S/C35H35ClN4O3/c1-35(2,3)43-34(41)31-13-12-28(21-32(31)42-29-20-25-14-15-37-33(25)38-22-29)40-18-16-39(17-19-40)23-26-6-4-5-7-30(26)24-8-10-27(36)11-9-24/h4-15,20-22H,16-19,23H2,1-3H3,(H,37,38). The molecule has 8 heteroatoms. The maximum absolute atomic E-state index is 13.1. The third kappa shape index (κ3) is 6.85. The summed E-state index contributed by atoms with van der Waals surface area (Å²) in [6, 6.07) is 26.1. The number of aromatic amines is 1. The topological polar surface area (TPSA) is 70.7 Å². The van der Waals surface area contributed by atoms with E-state index in [-0.39, 0.29) is 0 Å². The first-order valence-corrected chi connectivity index (χ1v) is 14.9. The zero-order chi connectivity index (χ0) is 30.0. The first-order valence-electron chi connectivity index (χ1n) is 14.5. The van der Waals surface area contributed by atoms with Crippen LogP contribution in [0.3, 0.4) is 0 Å². The van der Waals surface area contributed by atoms with Crippen LogP contribution in [0.1, 0.15) is 36.7 Å². The van der Waals surface area contributed by atoms with E-state index in [9.17, 15) is 4.79 Å². The molecule has 0 unspecified atom stereocenters. The monoisotopic (exact) mass is 594 g/mol. The van der Waals surface area contributed by atoms with Crippen LogP contribution in [0.5, 0.6) is 11.5 Å². The minimum absolute atomic E-state index is 0.380. The number of carbonyl (C=O) groups excluding carboxylic acids is 1. The second-order valence-corrected chi connectivity index (χ2v) is 12.2. The fourth-order valence-corrected chi connectivity index (χ4v) is 5.50. The lowest BCUT2D eigenvalue weighted by Gasteiger charge is -2.36. The fourth-order valence-electron chi connectivity index (χ4n) is 5.37. The van der Waals surface area contributed by atoms with Gasteiger partial charge in [0.2, 0.25) is 0 Å². The van der Waals surface area contributed by atoms with Crippen molar-refractivity contribution in [3.05, 3.63) is 107 Å². The third-order valence-corrected chi connectivity index (χ3v) is 7.74. The maximum atomic E-state index is 13.1. The highest BCUT2D eigenvalue weighted by molar-refractivity contribution is 6.30. The highest BCUT2D eigenvalue weighted by atomic mass is 35.5. The molecule has 1 N–H and O–H groups in total. The minimum atomic E-state index is -0.624. The van der Waals surface area contributed by atoms with E-state index in [1.165, 1.54) is 16.7 Å². The molecule has 7 nitrogen and oxygen atoms in total. The number of carbonyl (C=O) groups is 1. The van der Waals surface area contributed by atoms with E-state index in [0.29, 0.717) is 17.1 Å².